The molecule has 1 aliphatic rings. The molecular weight excluding hydrogens is 554 g/mol. The molecule has 1 heterocycles. The molecular formula is C32H39N3O6S. The Bertz CT molecular complexity index is 1480. The summed E-state index contributed by atoms with van der Waals surface area (Å²) in [5.41, 5.74) is 3.05. The number of fused-ring (bicyclic) bond motifs is 1. The first-order valence-electron chi connectivity index (χ1n) is 14.1. The molecule has 4 rings (SSSR count). The molecule has 3 aromatic rings. The van der Waals surface area contributed by atoms with Gasteiger partial charge in [-0.3, -0.25) is 13.9 Å². The summed E-state index contributed by atoms with van der Waals surface area (Å²) in [6.45, 7) is 6.79. The van der Waals surface area contributed by atoms with Crippen molar-refractivity contribution in [2.75, 3.05) is 36.9 Å². The zero-order chi connectivity index (χ0) is 30.3. The van der Waals surface area contributed by atoms with Crippen LogP contribution in [0.5, 0.6) is 11.5 Å². The van der Waals surface area contributed by atoms with E-state index in [4.69, 9.17) is 9.47 Å². The molecule has 1 N–H and O–H groups in total. The number of carbonyl (C=O) groups is 2. The van der Waals surface area contributed by atoms with Crippen LogP contribution in [0.2, 0.25) is 0 Å². The summed E-state index contributed by atoms with van der Waals surface area (Å²) < 4.78 is 38.3. The van der Waals surface area contributed by atoms with E-state index in [0.717, 1.165) is 27.3 Å². The number of anilines is 1. The molecule has 1 unspecified atom stereocenters. The first-order valence-corrected chi connectivity index (χ1v) is 15.9. The van der Waals surface area contributed by atoms with Gasteiger partial charge in [0.25, 0.3) is 0 Å². The lowest BCUT2D eigenvalue weighted by Crippen LogP contribution is -2.53. The third kappa shape index (κ3) is 8.25. The lowest BCUT2D eigenvalue weighted by atomic mass is 10.0. The minimum absolute atomic E-state index is 0.129. The fourth-order valence-corrected chi connectivity index (χ4v) is 5.51. The van der Waals surface area contributed by atoms with Crippen LogP contribution in [0.3, 0.4) is 0 Å². The first-order chi connectivity index (χ1) is 20.0. The second-order valence-corrected chi connectivity index (χ2v) is 12.9. The number of amides is 2. The summed E-state index contributed by atoms with van der Waals surface area (Å²) in [5.74, 6) is 0.333. The number of hydrogen-bond donors (Lipinski definition) is 1. The van der Waals surface area contributed by atoms with Gasteiger partial charge in [0.15, 0.2) is 11.5 Å². The minimum atomic E-state index is -3.89. The molecule has 10 heteroatoms. The lowest BCUT2D eigenvalue weighted by molar-refractivity contribution is -0.140. The third-order valence-corrected chi connectivity index (χ3v) is 8.06. The van der Waals surface area contributed by atoms with Crippen LogP contribution in [0.25, 0.3) is 0 Å². The van der Waals surface area contributed by atoms with Gasteiger partial charge in [-0.25, -0.2) is 8.42 Å². The highest BCUT2D eigenvalue weighted by Crippen LogP contribution is 2.34. The standard InChI is InChI=1S/C32H39N3O6S/c1-23(2)20-33-32(37)28(18-25-8-6-5-7-9-25)34(21-26-12-10-24(3)11-13-26)31(36)22-35(42(4,38)39)27-14-15-29-30(19-27)41-17-16-40-29/h5-15,19,23,28H,16-18,20-22H2,1-4H3,(H,33,37). The van der Waals surface area contributed by atoms with Gasteiger partial charge in [0.2, 0.25) is 21.8 Å². The maximum absolute atomic E-state index is 14.2. The molecule has 0 spiro atoms. The molecule has 0 aromatic heterocycles. The summed E-state index contributed by atoms with van der Waals surface area (Å²) >= 11 is 0. The maximum Gasteiger partial charge on any atom is 0.244 e. The fourth-order valence-electron chi connectivity index (χ4n) is 4.67. The number of nitrogens with zero attached hydrogens (tertiary/aromatic N) is 2. The van der Waals surface area contributed by atoms with Gasteiger partial charge in [0.05, 0.1) is 11.9 Å². The van der Waals surface area contributed by atoms with E-state index in [2.05, 4.69) is 5.32 Å². The Morgan fingerprint density at radius 1 is 0.905 bits per heavy atom. The van der Waals surface area contributed by atoms with Crippen LogP contribution in [0.15, 0.2) is 72.8 Å². The average molecular weight is 594 g/mol. The molecule has 2 amide bonds. The predicted molar refractivity (Wildman–Crippen MR) is 163 cm³/mol. The lowest BCUT2D eigenvalue weighted by Gasteiger charge is -2.34. The van der Waals surface area contributed by atoms with Crippen LogP contribution in [-0.2, 0) is 32.6 Å². The van der Waals surface area contributed by atoms with E-state index in [9.17, 15) is 18.0 Å². The van der Waals surface area contributed by atoms with Crippen LogP contribution in [0, 0.1) is 12.8 Å². The van der Waals surface area contributed by atoms with E-state index >= 15 is 0 Å². The van der Waals surface area contributed by atoms with Gasteiger partial charge in [0, 0.05) is 25.6 Å². The Kier molecular flexibility index (Phi) is 10.1. The number of benzene rings is 3. The number of carbonyl (C=O) groups excluding carboxylic acids is 2. The number of rotatable bonds is 12. The zero-order valence-corrected chi connectivity index (χ0v) is 25.4. The van der Waals surface area contributed by atoms with E-state index in [0.29, 0.717) is 31.3 Å². The van der Waals surface area contributed by atoms with Gasteiger partial charge in [-0.15, -0.1) is 0 Å². The normalized spacial score (nSPS) is 13.4. The summed E-state index contributed by atoms with van der Waals surface area (Å²) in [6.07, 6.45) is 1.32. The monoisotopic (exact) mass is 593 g/mol. The van der Waals surface area contributed by atoms with Crippen molar-refractivity contribution in [2.24, 2.45) is 5.92 Å². The van der Waals surface area contributed by atoms with Crippen molar-refractivity contribution in [3.8, 4) is 11.5 Å². The predicted octanol–water partition coefficient (Wildman–Crippen LogP) is 3.94. The van der Waals surface area contributed by atoms with Crippen LogP contribution >= 0.6 is 0 Å². The van der Waals surface area contributed by atoms with E-state index in [1.54, 1.807) is 18.2 Å². The quantitative estimate of drug-likeness (QED) is 0.341. The Balaban J connectivity index is 1.71. The molecule has 0 saturated heterocycles. The van der Waals surface area contributed by atoms with Gasteiger partial charge in [-0.05, 0) is 36.1 Å². The fraction of sp³-hybridized carbons (Fsp3) is 0.375. The Hall–Kier alpha value is -4.05. The Labute approximate surface area is 248 Å². The number of nitrogens with one attached hydrogen (secondary N) is 1. The van der Waals surface area contributed by atoms with Crippen molar-refractivity contribution in [3.05, 3.63) is 89.5 Å². The highest BCUT2D eigenvalue weighted by atomic mass is 32.2. The van der Waals surface area contributed by atoms with Crippen molar-refractivity contribution >= 4 is 27.5 Å². The Morgan fingerprint density at radius 2 is 1.57 bits per heavy atom. The molecule has 42 heavy (non-hydrogen) atoms. The van der Waals surface area contributed by atoms with Crippen molar-refractivity contribution in [1.82, 2.24) is 10.2 Å². The summed E-state index contributed by atoms with van der Waals surface area (Å²) in [4.78, 5) is 29.4. The molecule has 0 saturated carbocycles. The van der Waals surface area contributed by atoms with Gasteiger partial charge >= 0.3 is 0 Å². The summed E-state index contributed by atoms with van der Waals surface area (Å²) in [7, 11) is -3.89. The van der Waals surface area contributed by atoms with Crippen molar-refractivity contribution in [2.45, 2.75) is 39.8 Å². The van der Waals surface area contributed by atoms with Crippen molar-refractivity contribution in [1.29, 1.82) is 0 Å². The molecule has 1 aliphatic heterocycles. The van der Waals surface area contributed by atoms with Gasteiger partial charge in [0.1, 0.15) is 25.8 Å². The highest BCUT2D eigenvalue weighted by Gasteiger charge is 2.33. The van der Waals surface area contributed by atoms with Gasteiger partial charge in [-0.2, -0.15) is 0 Å². The first kappa shape index (κ1) is 30.9. The molecule has 3 aromatic carbocycles. The number of hydrogen-bond acceptors (Lipinski definition) is 6. The molecule has 1 atom stereocenters. The zero-order valence-electron chi connectivity index (χ0n) is 24.6. The third-order valence-electron chi connectivity index (χ3n) is 6.92. The molecule has 0 bridgehead atoms. The average Bonchev–Trinajstić information content (AvgIpc) is 2.97. The van der Waals surface area contributed by atoms with Crippen LogP contribution in [0.4, 0.5) is 5.69 Å². The van der Waals surface area contributed by atoms with E-state index in [1.807, 2.05) is 75.4 Å². The molecule has 0 aliphatic carbocycles. The summed E-state index contributed by atoms with van der Waals surface area (Å²) in [6, 6.07) is 21.1. The molecule has 0 fully saturated rings. The smallest absolute Gasteiger partial charge is 0.244 e. The SMILES string of the molecule is Cc1ccc(CN(C(=O)CN(c2ccc3c(c2)OCCO3)S(C)(=O)=O)C(Cc2ccccc2)C(=O)NCC(C)C)cc1. The highest BCUT2D eigenvalue weighted by molar-refractivity contribution is 7.92. The number of aryl methyl sites for hydroxylation is 1. The second kappa shape index (κ2) is 13.7. The van der Waals surface area contributed by atoms with Crippen molar-refractivity contribution in [3.63, 3.8) is 0 Å². The second-order valence-electron chi connectivity index (χ2n) is 10.9. The van der Waals surface area contributed by atoms with E-state index in [1.165, 1.54) is 4.90 Å². The van der Waals surface area contributed by atoms with Crippen LogP contribution in [0.1, 0.15) is 30.5 Å². The van der Waals surface area contributed by atoms with Gasteiger partial charge < -0.3 is 19.7 Å². The van der Waals surface area contributed by atoms with Crippen LogP contribution < -0.4 is 19.1 Å². The topological polar surface area (TPSA) is 105 Å². The van der Waals surface area contributed by atoms with Gasteiger partial charge in [-0.1, -0.05) is 74.0 Å². The number of ether oxygens (including phenoxy) is 2. The van der Waals surface area contributed by atoms with E-state index in [-0.39, 0.29) is 30.5 Å². The Morgan fingerprint density at radius 3 is 2.21 bits per heavy atom. The number of sulfonamides is 1. The minimum Gasteiger partial charge on any atom is -0.486 e. The largest absolute Gasteiger partial charge is 0.486 e. The van der Waals surface area contributed by atoms with Crippen molar-refractivity contribution < 1.29 is 27.5 Å². The molecule has 224 valence electrons. The van der Waals surface area contributed by atoms with Crippen LogP contribution in [-0.4, -0.2) is 63.7 Å². The molecule has 9 nitrogen and oxygen atoms in total. The molecule has 0 radical (unpaired) electrons. The van der Waals surface area contributed by atoms with E-state index < -0.39 is 28.5 Å². The maximum atomic E-state index is 14.2. The summed E-state index contributed by atoms with van der Waals surface area (Å²) in [5, 5.41) is 2.99.